The van der Waals surface area contributed by atoms with Gasteiger partial charge in [0.1, 0.15) is 0 Å². The molecule has 0 aliphatic heterocycles. The highest BCUT2D eigenvalue weighted by molar-refractivity contribution is 7.13. The van der Waals surface area contributed by atoms with Gasteiger partial charge in [0.2, 0.25) is 0 Å². The predicted molar refractivity (Wildman–Crippen MR) is 59.0 cm³/mol. The first kappa shape index (κ1) is 9.28. The molecular weight excluding hydrogens is 192 g/mol. The molecule has 1 radical (unpaired) electrons. The molecule has 0 fully saturated rings. The van der Waals surface area contributed by atoms with Gasteiger partial charge in [-0.15, -0.1) is 11.3 Å². The Labute approximate surface area is 88.0 Å². The summed E-state index contributed by atoms with van der Waals surface area (Å²) in [5, 5.41) is 0.972. The fraction of sp³-hybridized carbons (Fsp3) is 0.167. The Balaban J connectivity index is 2.11. The molecular formula is C12H11OS. The summed E-state index contributed by atoms with van der Waals surface area (Å²) in [5.41, 5.74) is 1.29. The van der Waals surface area contributed by atoms with Crippen LogP contribution in [0.15, 0.2) is 36.4 Å². The SMILES string of the molecule is COc1ccc(Cc2c[c]ccc2)s1. The van der Waals surface area contributed by atoms with E-state index in [1.54, 1.807) is 18.4 Å². The van der Waals surface area contributed by atoms with Crippen molar-refractivity contribution in [1.82, 2.24) is 0 Å². The number of thiophene rings is 1. The van der Waals surface area contributed by atoms with Gasteiger partial charge in [0, 0.05) is 11.3 Å². The third kappa shape index (κ3) is 2.15. The van der Waals surface area contributed by atoms with E-state index in [4.69, 9.17) is 4.74 Å². The van der Waals surface area contributed by atoms with Gasteiger partial charge in [0.15, 0.2) is 5.06 Å². The van der Waals surface area contributed by atoms with Gasteiger partial charge in [0.25, 0.3) is 0 Å². The maximum Gasteiger partial charge on any atom is 0.173 e. The molecule has 1 nitrogen and oxygen atoms in total. The third-order valence-electron chi connectivity index (χ3n) is 1.99. The van der Waals surface area contributed by atoms with E-state index in [0.717, 1.165) is 11.5 Å². The van der Waals surface area contributed by atoms with Crippen LogP contribution in [0, 0.1) is 6.07 Å². The largest absolute Gasteiger partial charge is 0.487 e. The second-order valence-electron chi connectivity index (χ2n) is 3.01. The highest BCUT2D eigenvalue weighted by atomic mass is 32.1. The number of hydrogen-bond donors (Lipinski definition) is 0. The van der Waals surface area contributed by atoms with Crippen LogP contribution in [0.25, 0.3) is 0 Å². The van der Waals surface area contributed by atoms with Crippen molar-refractivity contribution in [3.8, 4) is 5.06 Å². The van der Waals surface area contributed by atoms with Crippen LogP contribution in [0.2, 0.25) is 0 Å². The number of ether oxygens (including phenoxy) is 1. The maximum absolute atomic E-state index is 5.14. The zero-order valence-corrected chi connectivity index (χ0v) is 8.80. The van der Waals surface area contributed by atoms with Gasteiger partial charge < -0.3 is 4.74 Å². The lowest BCUT2D eigenvalue weighted by Crippen LogP contribution is -1.82. The second-order valence-corrected chi connectivity index (χ2v) is 4.14. The number of rotatable bonds is 3. The van der Waals surface area contributed by atoms with E-state index in [1.807, 2.05) is 24.3 Å². The number of benzene rings is 1. The minimum absolute atomic E-state index is 0.964. The first-order valence-electron chi connectivity index (χ1n) is 4.46. The van der Waals surface area contributed by atoms with Gasteiger partial charge in [-0.25, -0.2) is 0 Å². The van der Waals surface area contributed by atoms with Crippen molar-refractivity contribution >= 4 is 11.3 Å². The van der Waals surface area contributed by atoms with Crippen molar-refractivity contribution in [2.75, 3.05) is 7.11 Å². The Morgan fingerprint density at radius 1 is 1.36 bits per heavy atom. The van der Waals surface area contributed by atoms with Crippen molar-refractivity contribution in [2.45, 2.75) is 6.42 Å². The molecule has 0 atom stereocenters. The normalized spacial score (nSPS) is 10.1. The zero-order valence-electron chi connectivity index (χ0n) is 7.99. The average molecular weight is 203 g/mol. The van der Waals surface area contributed by atoms with Crippen molar-refractivity contribution < 1.29 is 4.74 Å². The maximum atomic E-state index is 5.14. The fourth-order valence-electron chi connectivity index (χ4n) is 1.30. The Morgan fingerprint density at radius 3 is 2.93 bits per heavy atom. The van der Waals surface area contributed by atoms with E-state index in [1.165, 1.54) is 10.4 Å². The molecule has 1 aromatic carbocycles. The molecule has 0 N–H and O–H groups in total. The standard InChI is InChI=1S/C12H11OS/c1-13-12-8-7-11(14-12)9-10-5-3-2-4-6-10/h2-3,5-8H,9H2,1H3. The van der Waals surface area contributed by atoms with Gasteiger partial charge in [-0.2, -0.15) is 0 Å². The molecule has 2 rings (SSSR count). The van der Waals surface area contributed by atoms with E-state index in [0.29, 0.717) is 0 Å². The van der Waals surface area contributed by atoms with E-state index in [2.05, 4.69) is 18.2 Å². The van der Waals surface area contributed by atoms with E-state index in [-0.39, 0.29) is 0 Å². The summed E-state index contributed by atoms with van der Waals surface area (Å²) in [5.74, 6) is 0. The molecule has 0 spiro atoms. The third-order valence-corrected chi connectivity index (χ3v) is 3.03. The van der Waals surface area contributed by atoms with E-state index < -0.39 is 0 Å². The van der Waals surface area contributed by atoms with Crippen LogP contribution in [-0.2, 0) is 6.42 Å². The Bertz CT molecular complexity index is 392. The fourth-order valence-corrected chi connectivity index (χ4v) is 2.16. The van der Waals surface area contributed by atoms with Crippen LogP contribution in [0.5, 0.6) is 5.06 Å². The quantitative estimate of drug-likeness (QED) is 0.744. The molecule has 0 aliphatic carbocycles. The summed E-state index contributed by atoms with van der Waals surface area (Å²) in [4.78, 5) is 1.32. The second kappa shape index (κ2) is 4.29. The first-order valence-corrected chi connectivity index (χ1v) is 5.28. The molecule has 0 unspecified atom stereocenters. The van der Waals surface area contributed by atoms with Crippen molar-refractivity contribution in [2.24, 2.45) is 0 Å². The van der Waals surface area contributed by atoms with E-state index >= 15 is 0 Å². The molecule has 2 aromatic rings. The minimum Gasteiger partial charge on any atom is -0.487 e. The van der Waals surface area contributed by atoms with Crippen molar-refractivity contribution in [3.05, 3.63) is 52.9 Å². The molecule has 0 bridgehead atoms. The minimum atomic E-state index is 0.964. The first-order chi connectivity index (χ1) is 6.88. The predicted octanol–water partition coefficient (Wildman–Crippen LogP) is 3.15. The van der Waals surface area contributed by atoms with Crippen molar-refractivity contribution in [1.29, 1.82) is 0 Å². The van der Waals surface area contributed by atoms with Gasteiger partial charge >= 0.3 is 0 Å². The molecule has 0 saturated carbocycles. The average Bonchev–Trinajstić information content (AvgIpc) is 2.67. The molecule has 1 aromatic heterocycles. The van der Waals surface area contributed by atoms with Crippen LogP contribution in [-0.4, -0.2) is 7.11 Å². The van der Waals surface area contributed by atoms with E-state index in [9.17, 15) is 0 Å². The summed E-state index contributed by atoms with van der Waals surface area (Å²) >= 11 is 1.69. The number of hydrogen-bond acceptors (Lipinski definition) is 2. The van der Waals surface area contributed by atoms with Gasteiger partial charge in [-0.3, -0.25) is 0 Å². The number of methoxy groups -OCH3 is 1. The highest BCUT2D eigenvalue weighted by Crippen LogP contribution is 2.25. The van der Waals surface area contributed by atoms with Crippen LogP contribution < -0.4 is 4.74 Å². The van der Waals surface area contributed by atoms with Crippen LogP contribution in [0.4, 0.5) is 0 Å². The lowest BCUT2D eigenvalue weighted by molar-refractivity contribution is 0.427. The summed E-state index contributed by atoms with van der Waals surface area (Å²) in [6.45, 7) is 0. The van der Waals surface area contributed by atoms with Gasteiger partial charge in [-0.1, -0.05) is 24.3 Å². The summed E-state index contributed by atoms with van der Waals surface area (Å²) in [6, 6.07) is 15.3. The Hall–Kier alpha value is -1.28. The smallest absolute Gasteiger partial charge is 0.173 e. The lowest BCUT2D eigenvalue weighted by Gasteiger charge is -1.96. The molecule has 2 heteroatoms. The molecule has 0 amide bonds. The van der Waals surface area contributed by atoms with Gasteiger partial charge in [0.05, 0.1) is 7.11 Å². The molecule has 0 saturated heterocycles. The summed E-state index contributed by atoms with van der Waals surface area (Å²) in [7, 11) is 1.70. The van der Waals surface area contributed by atoms with Crippen molar-refractivity contribution in [3.63, 3.8) is 0 Å². The Morgan fingerprint density at radius 2 is 2.29 bits per heavy atom. The monoisotopic (exact) mass is 203 g/mol. The van der Waals surface area contributed by atoms with Gasteiger partial charge in [-0.05, 0) is 23.8 Å². The van der Waals surface area contributed by atoms with Crippen LogP contribution in [0.3, 0.4) is 0 Å². The topological polar surface area (TPSA) is 9.23 Å². The molecule has 14 heavy (non-hydrogen) atoms. The lowest BCUT2D eigenvalue weighted by atomic mass is 10.1. The van der Waals surface area contributed by atoms with Crippen LogP contribution in [0.1, 0.15) is 10.4 Å². The highest BCUT2D eigenvalue weighted by Gasteiger charge is 2.00. The molecule has 0 aliphatic rings. The Kier molecular flexibility index (Phi) is 2.84. The summed E-state index contributed by atoms with van der Waals surface area (Å²) < 4.78 is 5.14. The van der Waals surface area contributed by atoms with Crippen LogP contribution >= 0.6 is 11.3 Å². The molecule has 71 valence electrons. The molecule has 1 heterocycles. The summed E-state index contributed by atoms with van der Waals surface area (Å²) in [6.07, 6.45) is 0.964. The zero-order chi connectivity index (χ0) is 9.80.